The highest BCUT2D eigenvalue weighted by atomic mass is 32.2. The van der Waals surface area contributed by atoms with E-state index in [-0.39, 0.29) is 16.1 Å². The normalized spacial score (nSPS) is 14.1. The SMILES string of the molecule is C=C1NC(=O)SC1=O.c1ccc2nccnc2c1. The smallest absolute Gasteiger partial charge is 0.291 e. The Hall–Kier alpha value is -2.21. The molecule has 1 aliphatic heterocycles. The molecular weight excluding hydrogens is 250 g/mol. The van der Waals surface area contributed by atoms with Gasteiger partial charge in [0.15, 0.2) is 0 Å². The van der Waals surface area contributed by atoms with Crippen molar-refractivity contribution in [2.45, 2.75) is 0 Å². The summed E-state index contributed by atoms with van der Waals surface area (Å²) in [6.07, 6.45) is 3.39. The summed E-state index contributed by atoms with van der Waals surface area (Å²) in [6.45, 7) is 3.28. The molecule has 0 aliphatic carbocycles. The van der Waals surface area contributed by atoms with Crippen LogP contribution in [0.25, 0.3) is 11.0 Å². The van der Waals surface area contributed by atoms with Crippen molar-refractivity contribution >= 4 is 33.1 Å². The van der Waals surface area contributed by atoms with Gasteiger partial charge in [-0.15, -0.1) is 0 Å². The summed E-state index contributed by atoms with van der Waals surface area (Å²) in [7, 11) is 0. The summed E-state index contributed by atoms with van der Waals surface area (Å²) in [6, 6.07) is 7.80. The second kappa shape index (κ2) is 5.42. The molecule has 0 saturated carbocycles. The largest absolute Gasteiger partial charge is 0.313 e. The second-order valence-electron chi connectivity index (χ2n) is 3.33. The van der Waals surface area contributed by atoms with Crippen LogP contribution in [-0.2, 0) is 4.79 Å². The van der Waals surface area contributed by atoms with Crippen LogP contribution in [0.15, 0.2) is 48.9 Å². The Balaban J connectivity index is 0.000000138. The molecule has 18 heavy (non-hydrogen) atoms. The van der Waals surface area contributed by atoms with Crippen LogP contribution in [0, 0.1) is 0 Å². The lowest BCUT2D eigenvalue weighted by molar-refractivity contribution is -0.107. The number of rotatable bonds is 0. The van der Waals surface area contributed by atoms with Crippen LogP contribution in [0.1, 0.15) is 0 Å². The van der Waals surface area contributed by atoms with Crippen LogP contribution in [0.5, 0.6) is 0 Å². The topological polar surface area (TPSA) is 72.0 Å². The van der Waals surface area contributed by atoms with Gasteiger partial charge in [0.05, 0.1) is 16.7 Å². The number of carbonyl (C=O) groups excluding carboxylic acids is 2. The Bertz CT molecular complexity index is 544. The summed E-state index contributed by atoms with van der Waals surface area (Å²) in [4.78, 5) is 28.8. The van der Waals surface area contributed by atoms with Crippen LogP contribution in [0.4, 0.5) is 4.79 Å². The quantitative estimate of drug-likeness (QED) is 0.734. The minimum atomic E-state index is -0.333. The van der Waals surface area contributed by atoms with Crippen molar-refractivity contribution in [2.75, 3.05) is 0 Å². The third-order valence-corrected chi connectivity index (χ3v) is 2.78. The molecule has 1 saturated heterocycles. The number of para-hydroxylation sites is 2. The van der Waals surface area contributed by atoms with Gasteiger partial charge in [0, 0.05) is 24.2 Å². The monoisotopic (exact) mass is 259 g/mol. The Kier molecular flexibility index (Phi) is 3.69. The third-order valence-electron chi connectivity index (χ3n) is 2.06. The fourth-order valence-electron chi connectivity index (χ4n) is 1.26. The number of carbonyl (C=O) groups is 2. The number of thioether (sulfide) groups is 1. The summed E-state index contributed by atoms with van der Waals surface area (Å²) < 4.78 is 0. The van der Waals surface area contributed by atoms with Crippen LogP contribution in [-0.4, -0.2) is 20.3 Å². The van der Waals surface area contributed by atoms with Crippen molar-refractivity contribution in [3.8, 4) is 0 Å². The van der Waals surface area contributed by atoms with E-state index in [1.54, 1.807) is 12.4 Å². The molecule has 0 bridgehead atoms. The van der Waals surface area contributed by atoms with Gasteiger partial charge in [-0.3, -0.25) is 19.6 Å². The maximum absolute atomic E-state index is 10.4. The minimum absolute atomic E-state index is 0.181. The molecule has 1 aliphatic rings. The number of nitrogens with zero attached hydrogens (tertiary/aromatic N) is 2. The number of amides is 1. The molecule has 3 rings (SSSR count). The number of benzene rings is 1. The van der Waals surface area contributed by atoms with Crippen molar-refractivity contribution < 1.29 is 9.59 Å². The van der Waals surface area contributed by atoms with Gasteiger partial charge in [-0.2, -0.15) is 0 Å². The zero-order chi connectivity index (χ0) is 13.0. The number of aromatic nitrogens is 2. The molecule has 1 amide bonds. The first-order chi connectivity index (χ1) is 8.66. The van der Waals surface area contributed by atoms with E-state index in [0.717, 1.165) is 11.0 Å². The highest BCUT2D eigenvalue weighted by Gasteiger charge is 2.22. The molecule has 1 aromatic carbocycles. The molecule has 6 heteroatoms. The number of fused-ring (bicyclic) bond motifs is 1. The van der Waals surface area contributed by atoms with E-state index in [1.165, 1.54) is 0 Å². The molecule has 0 radical (unpaired) electrons. The maximum atomic E-state index is 10.4. The van der Waals surface area contributed by atoms with Gasteiger partial charge in [-0.25, -0.2) is 0 Å². The van der Waals surface area contributed by atoms with Gasteiger partial charge in [-0.1, -0.05) is 18.7 Å². The molecule has 0 spiro atoms. The van der Waals surface area contributed by atoms with Crippen LogP contribution >= 0.6 is 11.8 Å². The zero-order valence-electron chi connectivity index (χ0n) is 9.29. The Morgan fingerprint density at radius 1 is 1.06 bits per heavy atom. The van der Waals surface area contributed by atoms with Crippen LogP contribution < -0.4 is 5.32 Å². The first kappa shape index (κ1) is 12.3. The van der Waals surface area contributed by atoms with Gasteiger partial charge in [0.1, 0.15) is 0 Å². The molecule has 2 heterocycles. The van der Waals surface area contributed by atoms with Gasteiger partial charge in [0.25, 0.3) is 5.24 Å². The van der Waals surface area contributed by atoms with Crippen molar-refractivity contribution in [1.29, 1.82) is 0 Å². The van der Waals surface area contributed by atoms with Gasteiger partial charge in [-0.05, 0) is 12.1 Å². The average molecular weight is 259 g/mol. The lowest BCUT2D eigenvalue weighted by atomic mass is 10.3. The lowest BCUT2D eigenvalue weighted by Crippen LogP contribution is -2.08. The van der Waals surface area contributed by atoms with E-state index in [2.05, 4.69) is 21.9 Å². The molecule has 0 unspecified atom stereocenters. The number of hydrogen-bond donors (Lipinski definition) is 1. The maximum Gasteiger partial charge on any atom is 0.291 e. The molecule has 1 fully saturated rings. The van der Waals surface area contributed by atoms with E-state index in [9.17, 15) is 9.59 Å². The van der Waals surface area contributed by atoms with Crippen molar-refractivity contribution in [1.82, 2.24) is 15.3 Å². The Morgan fingerprint density at radius 3 is 1.94 bits per heavy atom. The van der Waals surface area contributed by atoms with Gasteiger partial charge < -0.3 is 5.32 Å². The number of nitrogens with one attached hydrogen (secondary N) is 1. The van der Waals surface area contributed by atoms with E-state index in [0.29, 0.717) is 11.8 Å². The summed E-state index contributed by atoms with van der Waals surface area (Å²) in [5, 5.41) is 1.63. The summed E-state index contributed by atoms with van der Waals surface area (Å²) in [5.41, 5.74) is 2.08. The van der Waals surface area contributed by atoms with Crippen molar-refractivity contribution in [3.63, 3.8) is 0 Å². The summed E-state index contributed by atoms with van der Waals surface area (Å²) in [5.74, 6) is 0. The first-order valence-electron chi connectivity index (χ1n) is 5.04. The molecular formula is C12H9N3O2S. The van der Waals surface area contributed by atoms with Gasteiger partial charge in [0.2, 0.25) is 5.12 Å². The molecule has 1 N–H and O–H groups in total. The van der Waals surface area contributed by atoms with Crippen LogP contribution in [0.3, 0.4) is 0 Å². The molecule has 2 aromatic rings. The van der Waals surface area contributed by atoms with E-state index in [4.69, 9.17) is 0 Å². The lowest BCUT2D eigenvalue weighted by Gasteiger charge is -1.90. The highest BCUT2D eigenvalue weighted by Crippen LogP contribution is 2.15. The minimum Gasteiger partial charge on any atom is -0.313 e. The molecule has 1 aromatic heterocycles. The Labute approximate surface area is 107 Å². The molecule has 5 nitrogen and oxygen atoms in total. The highest BCUT2D eigenvalue weighted by molar-refractivity contribution is 8.27. The van der Waals surface area contributed by atoms with Gasteiger partial charge >= 0.3 is 0 Å². The fourth-order valence-corrected chi connectivity index (χ4v) is 1.77. The third kappa shape index (κ3) is 2.92. The zero-order valence-corrected chi connectivity index (χ0v) is 10.1. The first-order valence-corrected chi connectivity index (χ1v) is 5.86. The average Bonchev–Trinajstić information content (AvgIpc) is 2.67. The number of hydrogen-bond acceptors (Lipinski definition) is 5. The van der Waals surface area contributed by atoms with E-state index < -0.39 is 0 Å². The molecule has 90 valence electrons. The predicted molar refractivity (Wildman–Crippen MR) is 69.8 cm³/mol. The predicted octanol–water partition coefficient (Wildman–Crippen LogP) is 2.11. The standard InChI is InChI=1S/C8H6N2.C4H3NO2S/c1-2-4-8-7(3-1)9-5-6-10-8;1-2-3(6)8-4(7)5-2/h1-6H;1H2,(H,5,7). The fraction of sp³-hybridized carbons (Fsp3) is 0. The van der Waals surface area contributed by atoms with Crippen molar-refractivity contribution in [3.05, 3.63) is 48.9 Å². The second-order valence-corrected chi connectivity index (χ2v) is 4.27. The van der Waals surface area contributed by atoms with E-state index >= 15 is 0 Å². The van der Waals surface area contributed by atoms with Crippen molar-refractivity contribution in [2.24, 2.45) is 0 Å². The summed E-state index contributed by atoms with van der Waals surface area (Å²) >= 11 is 0.640. The van der Waals surface area contributed by atoms with E-state index in [1.807, 2.05) is 24.3 Å². The molecule has 0 atom stereocenters. The Morgan fingerprint density at radius 2 is 1.61 bits per heavy atom. The van der Waals surface area contributed by atoms with Crippen LogP contribution in [0.2, 0.25) is 0 Å².